The third kappa shape index (κ3) is 3.59. The molecule has 0 amide bonds. The molecule has 2 heterocycles. The van der Waals surface area contributed by atoms with E-state index in [9.17, 15) is 9.18 Å². The number of benzene rings is 3. The van der Waals surface area contributed by atoms with E-state index in [1.165, 1.54) is 12.1 Å². The molecule has 0 saturated carbocycles. The number of halogens is 1. The van der Waals surface area contributed by atoms with Gasteiger partial charge in [0.25, 0.3) is 0 Å². The standard InChI is InChI=1S/C27H21FN2O3/c1-3-33-27(31)24-16-22(17-8-10-18(28)11-9-17)25-26(21-6-4-5-7-23(21)29-25)30(24)19-12-14-20(32-2)15-13-19/h4-16H,3H2,1-2H3. The van der Waals surface area contributed by atoms with Gasteiger partial charge in [0, 0.05) is 16.6 Å². The molecule has 0 saturated heterocycles. The van der Waals surface area contributed by atoms with Crippen LogP contribution in [-0.2, 0) is 4.74 Å². The summed E-state index contributed by atoms with van der Waals surface area (Å²) in [6, 6.07) is 23.2. The van der Waals surface area contributed by atoms with Crippen LogP contribution in [0.25, 0.3) is 39.1 Å². The summed E-state index contributed by atoms with van der Waals surface area (Å²) in [5.41, 5.74) is 4.91. The van der Waals surface area contributed by atoms with Gasteiger partial charge in [-0.2, -0.15) is 0 Å². The van der Waals surface area contributed by atoms with Gasteiger partial charge in [-0.25, -0.2) is 14.2 Å². The number of hydrogen-bond acceptors (Lipinski definition) is 4. The number of nitrogens with zero attached hydrogens (tertiary/aromatic N) is 2. The molecule has 0 spiro atoms. The number of hydrogen-bond donors (Lipinski definition) is 0. The van der Waals surface area contributed by atoms with Crippen molar-refractivity contribution in [1.29, 1.82) is 0 Å². The highest BCUT2D eigenvalue weighted by Gasteiger charge is 2.27. The number of carbonyl (C=O) groups is 1. The van der Waals surface area contributed by atoms with Crippen molar-refractivity contribution in [3.05, 3.63) is 90.4 Å². The molecule has 2 aliphatic heterocycles. The topological polar surface area (TPSA) is 53.3 Å². The lowest BCUT2D eigenvalue weighted by atomic mass is 9.99. The molecule has 0 unspecified atom stereocenters. The van der Waals surface area contributed by atoms with Crippen molar-refractivity contribution in [3.63, 3.8) is 0 Å². The van der Waals surface area contributed by atoms with E-state index in [1.807, 2.05) is 53.1 Å². The Kier molecular flexibility index (Phi) is 5.26. The molecule has 0 radical (unpaired) electrons. The summed E-state index contributed by atoms with van der Waals surface area (Å²) >= 11 is 0. The summed E-state index contributed by atoms with van der Waals surface area (Å²) in [6.07, 6.45) is 0. The first-order valence-electron chi connectivity index (χ1n) is 10.6. The predicted molar refractivity (Wildman–Crippen MR) is 126 cm³/mol. The highest BCUT2D eigenvalue weighted by molar-refractivity contribution is 6.04. The fourth-order valence-corrected chi connectivity index (χ4v) is 4.08. The maximum absolute atomic E-state index is 13.6. The van der Waals surface area contributed by atoms with Crippen LogP contribution in [0.2, 0.25) is 0 Å². The van der Waals surface area contributed by atoms with Crippen molar-refractivity contribution < 1.29 is 18.7 Å². The zero-order valence-electron chi connectivity index (χ0n) is 18.2. The maximum Gasteiger partial charge on any atom is 0.355 e. The maximum atomic E-state index is 13.6. The number of fused-ring (bicyclic) bond motifs is 3. The van der Waals surface area contributed by atoms with Gasteiger partial charge in [0.2, 0.25) is 0 Å². The van der Waals surface area contributed by atoms with Crippen LogP contribution < -0.4 is 4.74 Å². The number of para-hydroxylation sites is 1. The molecular weight excluding hydrogens is 419 g/mol. The van der Waals surface area contributed by atoms with Gasteiger partial charge in [0.15, 0.2) is 0 Å². The van der Waals surface area contributed by atoms with Gasteiger partial charge in [-0.05, 0) is 61.0 Å². The summed E-state index contributed by atoms with van der Waals surface area (Å²) in [5, 5.41) is 0.901. The Morgan fingerprint density at radius 1 is 1.00 bits per heavy atom. The minimum absolute atomic E-state index is 0.241. The molecule has 0 bridgehead atoms. The van der Waals surface area contributed by atoms with Crippen LogP contribution in [0.4, 0.5) is 4.39 Å². The molecule has 6 heteroatoms. The van der Waals surface area contributed by atoms with Gasteiger partial charge in [-0.3, -0.25) is 0 Å². The smallest absolute Gasteiger partial charge is 0.355 e. The number of carbonyl (C=O) groups excluding carboxylic acids is 1. The van der Waals surface area contributed by atoms with Crippen LogP contribution in [0.15, 0.2) is 78.9 Å². The van der Waals surface area contributed by atoms with Crippen LogP contribution in [0.3, 0.4) is 0 Å². The minimum atomic E-state index is -0.455. The molecule has 0 atom stereocenters. The average Bonchev–Trinajstić information content (AvgIpc) is 3.23. The van der Waals surface area contributed by atoms with E-state index in [2.05, 4.69) is 0 Å². The first-order chi connectivity index (χ1) is 16.1. The second-order valence-electron chi connectivity index (χ2n) is 7.53. The highest BCUT2D eigenvalue weighted by Crippen LogP contribution is 2.41. The van der Waals surface area contributed by atoms with Gasteiger partial charge in [-0.1, -0.05) is 30.3 Å². The number of ether oxygens (including phenoxy) is 2. The van der Waals surface area contributed by atoms with Crippen molar-refractivity contribution in [2.24, 2.45) is 0 Å². The van der Waals surface area contributed by atoms with E-state index >= 15 is 0 Å². The summed E-state index contributed by atoms with van der Waals surface area (Å²) < 4.78 is 26.2. The molecule has 5 nitrogen and oxygen atoms in total. The summed E-state index contributed by atoms with van der Waals surface area (Å²) in [4.78, 5) is 18.0. The van der Waals surface area contributed by atoms with Crippen molar-refractivity contribution in [2.75, 3.05) is 13.7 Å². The lowest BCUT2D eigenvalue weighted by Crippen LogP contribution is -2.16. The van der Waals surface area contributed by atoms with E-state index < -0.39 is 5.97 Å². The fraction of sp³-hybridized carbons (Fsp3) is 0.111. The van der Waals surface area contributed by atoms with Crippen LogP contribution in [0.5, 0.6) is 5.75 Å². The van der Waals surface area contributed by atoms with Crippen LogP contribution in [-0.4, -0.2) is 29.2 Å². The molecule has 0 aliphatic carbocycles. The number of esters is 1. The average molecular weight is 440 g/mol. The molecule has 0 fully saturated rings. The molecule has 0 aromatic heterocycles. The largest absolute Gasteiger partial charge is 0.497 e. The Labute approximate surface area is 190 Å². The molecule has 3 aromatic rings. The Bertz CT molecular complexity index is 1420. The van der Waals surface area contributed by atoms with Gasteiger partial charge < -0.3 is 14.0 Å². The van der Waals surface area contributed by atoms with Crippen molar-refractivity contribution in [1.82, 2.24) is 9.55 Å². The zero-order chi connectivity index (χ0) is 22.9. The van der Waals surface area contributed by atoms with Crippen LogP contribution >= 0.6 is 0 Å². The van der Waals surface area contributed by atoms with E-state index in [4.69, 9.17) is 14.5 Å². The number of rotatable bonds is 5. The Morgan fingerprint density at radius 2 is 1.73 bits per heavy atom. The highest BCUT2D eigenvalue weighted by atomic mass is 19.1. The molecule has 33 heavy (non-hydrogen) atoms. The lowest BCUT2D eigenvalue weighted by Gasteiger charge is -2.21. The minimum Gasteiger partial charge on any atom is -0.497 e. The summed E-state index contributed by atoms with van der Waals surface area (Å²) in [7, 11) is 1.61. The number of methoxy groups -OCH3 is 1. The van der Waals surface area contributed by atoms with E-state index in [0.29, 0.717) is 17.1 Å². The predicted octanol–water partition coefficient (Wildman–Crippen LogP) is 6.12. The third-order valence-corrected chi connectivity index (χ3v) is 5.59. The quantitative estimate of drug-likeness (QED) is 0.309. The molecule has 0 N–H and O–H groups in total. The molecular formula is C27H21FN2O3. The number of aromatic nitrogens is 2. The monoisotopic (exact) mass is 440 g/mol. The van der Waals surface area contributed by atoms with Crippen molar-refractivity contribution in [2.45, 2.75) is 6.92 Å². The first kappa shape index (κ1) is 20.7. The molecule has 164 valence electrons. The zero-order valence-corrected chi connectivity index (χ0v) is 18.2. The second kappa shape index (κ2) is 8.39. The van der Waals surface area contributed by atoms with Gasteiger partial charge in [0.05, 0.1) is 30.6 Å². The van der Waals surface area contributed by atoms with Gasteiger partial charge in [-0.15, -0.1) is 0 Å². The molecule has 5 rings (SSSR count). The van der Waals surface area contributed by atoms with Crippen LogP contribution in [0.1, 0.15) is 17.4 Å². The van der Waals surface area contributed by atoms with E-state index in [0.717, 1.165) is 33.4 Å². The van der Waals surface area contributed by atoms with Crippen LogP contribution in [0, 0.1) is 5.82 Å². The Morgan fingerprint density at radius 3 is 2.42 bits per heavy atom. The SMILES string of the molecule is CCOC(=O)c1cc(-c2ccc(F)cc2)c2nc3ccccc3c-2n1-c1ccc(OC)cc1. The fourth-order valence-electron chi connectivity index (χ4n) is 4.08. The second-order valence-corrected chi connectivity index (χ2v) is 7.53. The molecule has 3 aromatic carbocycles. The van der Waals surface area contributed by atoms with Crippen molar-refractivity contribution in [3.8, 4) is 34.0 Å². The van der Waals surface area contributed by atoms with E-state index in [1.54, 1.807) is 32.2 Å². The van der Waals surface area contributed by atoms with Gasteiger partial charge >= 0.3 is 5.97 Å². The normalized spacial score (nSPS) is 11.1. The van der Waals surface area contributed by atoms with E-state index in [-0.39, 0.29) is 12.4 Å². The summed E-state index contributed by atoms with van der Waals surface area (Å²) in [5.74, 6) is -0.0731. The lowest BCUT2D eigenvalue weighted by molar-refractivity contribution is 0.0516. The van der Waals surface area contributed by atoms with Crippen molar-refractivity contribution >= 4 is 16.9 Å². The Hall–Kier alpha value is -4.19. The molecule has 2 aliphatic rings. The number of pyridine rings is 1. The van der Waals surface area contributed by atoms with Gasteiger partial charge in [0.1, 0.15) is 17.3 Å². The first-order valence-corrected chi connectivity index (χ1v) is 10.6. The summed E-state index contributed by atoms with van der Waals surface area (Å²) in [6.45, 7) is 2.01. The third-order valence-electron chi connectivity index (χ3n) is 5.59. The Balaban J connectivity index is 1.90.